The summed E-state index contributed by atoms with van der Waals surface area (Å²) in [4.78, 5) is 10.8. The van der Waals surface area contributed by atoms with Gasteiger partial charge in [-0.3, -0.25) is 0 Å². The van der Waals surface area contributed by atoms with Crippen LogP contribution in [0.5, 0.6) is 0 Å². The quantitative estimate of drug-likeness (QED) is 0.752. The Morgan fingerprint density at radius 1 is 1.50 bits per heavy atom. The van der Waals surface area contributed by atoms with Crippen LogP contribution in [0.2, 0.25) is 0 Å². The minimum absolute atomic E-state index is 0.511. The standard InChI is InChI=1S/C10H16N4/c1-8-2-3-14(7-8)10-12-5-9(4-11)6-13-10/h5-6,8H,2-4,7,11H2,1H3. The van der Waals surface area contributed by atoms with E-state index in [1.54, 1.807) is 0 Å². The van der Waals surface area contributed by atoms with Gasteiger partial charge in [-0.1, -0.05) is 6.92 Å². The van der Waals surface area contributed by atoms with E-state index in [4.69, 9.17) is 5.73 Å². The fraction of sp³-hybridized carbons (Fsp3) is 0.600. The Kier molecular flexibility index (Phi) is 2.63. The second kappa shape index (κ2) is 3.92. The predicted octanol–water partition coefficient (Wildman–Crippen LogP) is 0.781. The van der Waals surface area contributed by atoms with Gasteiger partial charge < -0.3 is 10.6 Å². The first kappa shape index (κ1) is 9.40. The fourth-order valence-corrected chi connectivity index (χ4v) is 1.73. The van der Waals surface area contributed by atoms with Crippen LogP contribution in [0.15, 0.2) is 12.4 Å². The van der Waals surface area contributed by atoms with E-state index in [1.165, 1.54) is 6.42 Å². The van der Waals surface area contributed by atoms with Gasteiger partial charge in [0.05, 0.1) is 0 Å². The number of hydrogen-bond acceptors (Lipinski definition) is 4. The summed E-state index contributed by atoms with van der Waals surface area (Å²) < 4.78 is 0. The molecule has 0 radical (unpaired) electrons. The van der Waals surface area contributed by atoms with Crippen molar-refractivity contribution >= 4 is 5.95 Å². The van der Waals surface area contributed by atoms with E-state index in [2.05, 4.69) is 21.8 Å². The van der Waals surface area contributed by atoms with E-state index in [-0.39, 0.29) is 0 Å². The monoisotopic (exact) mass is 192 g/mol. The third-order valence-electron chi connectivity index (χ3n) is 2.63. The van der Waals surface area contributed by atoms with Crippen LogP contribution in [0.4, 0.5) is 5.95 Å². The van der Waals surface area contributed by atoms with E-state index in [0.29, 0.717) is 6.54 Å². The van der Waals surface area contributed by atoms with Crippen molar-refractivity contribution in [1.82, 2.24) is 9.97 Å². The molecule has 1 aliphatic heterocycles. The molecule has 2 rings (SSSR count). The van der Waals surface area contributed by atoms with Gasteiger partial charge in [-0.05, 0) is 12.3 Å². The van der Waals surface area contributed by atoms with Crippen molar-refractivity contribution in [2.75, 3.05) is 18.0 Å². The normalized spacial score (nSPS) is 21.6. The van der Waals surface area contributed by atoms with Gasteiger partial charge in [0, 0.05) is 37.6 Å². The molecule has 1 atom stereocenters. The summed E-state index contributed by atoms with van der Waals surface area (Å²) in [5, 5.41) is 0. The third kappa shape index (κ3) is 1.85. The van der Waals surface area contributed by atoms with Crippen molar-refractivity contribution in [3.8, 4) is 0 Å². The molecule has 1 aromatic rings. The lowest BCUT2D eigenvalue weighted by molar-refractivity contribution is 0.658. The van der Waals surface area contributed by atoms with Crippen LogP contribution < -0.4 is 10.6 Å². The Morgan fingerprint density at radius 2 is 2.21 bits per heavy atom. The molecule has 1 aromatic heterocycles. The van der Waals surface area contributed by atoms with Crippen molar-refractivity contribution in [2.24, 2.45) is 11.7 Å². The van der Waals surface area contributed by atoms with Crippen LogP contribution in [0, 0.1) is 5.92 Å². The lowest BCUT2D eigenvalue weighted by Crippen LogP contribution is -2.21. The highest BCUT2D eigenvalue weighted by Gasteiger charge is 2.20. The first-order chi connectivity index (χ1) is 6.79. The smallest absolute Gasteiger partial charge is 0.225 e. The van der Waals surface area contributed by atoms with E-state index < -0.39 is 0 Å². The molecule has 2 N–H and O–H groups in total. The second-order valence-electron chi connectivity index (χ2n) is 3.94. The Bertz CT molecular complexity index is 295. The van der Waals surface area contributed by atoms with E-state index in [0.717, 1.165) is 30.5 Å². The maximum Gasteiger partial charge on any atom is 0.225 e. The molecular formula is C10H16N4. The summed E-state index contributed by atoms with van der Waals surface area (Å²) in [6.45, 7) is 4.91. The molecule has 1 saturated heterocycles. The number of nitrogens with two attached hydrogens (primary N) is 1. The van der Waals surface area contributed by atoms with Crippen LogP contribution in [0.3, 0.4) is 0 Å². The van der Waals surface area contributed by atoms with Gasteiger partial charge in [0.25, 0.3) is 0 Å². The summed E-state index contributed by atoms with van der Waals surface area (Å²) in [6.07, 6.45) is 4.86. The first-order valence-corrected chi connectivity index (χ1v) is 5.05. The van der Waals surface area contributed by atoms with Crippen molar-refractivity contribution < 1.29 is 0 Å². The van der Waals surface area contributed by atoms with E-state index in [1.807, 2.05) is 12.4 Å². The van der Waals surface area contributed by atoms with Crippen LogP contribution in [-0.4, -0.2) is 23.1 Å². The predicted molar refractivity (Wildman–Crippen MR) is 55.9 cm³/mol. The molecule has 0 aromatic carbocycles. The molecule has 4 heteroatoms. The highest BCUT2D eigenvalue weighted by molar-refractivity contribution is 5.31. The fourth-order valence-electron chi connectivity index (χ4n) is 1.73. The number of rotatable bonds is 2. The summed E-state index contributed by atoms with van der Waals surface area (Å²) in [7, 11) is 0. The van der Waals surface area contributed by atoms with Gasteiger partial charge in [0.2, 0.25) is 5.95 Å². The minimum Gasteiger partial charge on any atom is -0.341 e. The molecule has 14 heavy (non-hydrogen) atoms. The van der Waals surface area contributed by atoms with Crippen molar-refractivity contribution in [3.05, 3.63) is 18.0 Å². The molecule has 1 aliphatic rings. The van der Waals surface area contributed by atoms with Gasteiger partial charge in [-0.25, -0.2) is 9.97 Å². The topological polar surface area (TPSA) is 55.0 Å². The summed E-state index contributed by atoms with van der Waals surface area (Å²) in [5.41, 5.74) is 6.47. The molecule has 0 spiro atoms. The second-order valence-corrected chi connectivity index (χ2v) is 3.94. The summed E-state index contributed by atoms with van der Waals surface area (Å²) >= 11 is 0. The lowest BCUT2D eigenvalue weighted by atomic mass is 10.2. The van der Waals surface area contributed by atoms with Crippen LogP contribution in [0.25, 0.3) is 0 Å². The van der Waals surface area contributed by atoms with Crippen LogP contribution in [0.1, 0.15) is 18.9 Å². The number of aromatic nitrogens is 2. The van der Waals surface area contributed by atoms with Gasteiger partial charge in [0.1, 0.15) is 0 Å². The SMILES string of the molecule is CC1CCN(c2ncc(CN)cn2)C1. The highest BCUT2D eigenvalue weighted by atomic mass is 15.3. The third-order valence-corrected chi connectivity index (χ3v) is 2.63. The molecule has 2 heterocycles. The average molecular weight is 192 g/mol. The zero-order valence-electron chi connectivity index (χ0n) is 8.48. The van der Waals surface area contributed by atoms with Crippen molar-refractivity contribution in [1.29, 1.82) is 0 Å². The molecule has 76 valence electrons. The molecule has 1 fully saturated rings. The Balaban J connectivity index is 2.09. The average Bonchev–Trinajstić information content (AvgIpc) is 2.65. The number of nitrogens with zero attached hydrogens (tertiary/aromatic N) is 3. The molecule has 1 unspecified atom stereocenters. The Morgan fingerprint density at radius 3 is 2.71 bits per heavy atom. The number of anilines is 1. The van der Waals surface area contributed by atoms with Crippen LogP contribution in [-0.2, 0) is 6.54 Å². The first-order valence-electron chi connectivity index (χ1n) is 5.05. The van der Waals surface area contributed by atoms with Gasteiger partial charge in [-0.2, -0.15) is 0 Å². The maximum absolute atomic E-state index is 5.48. The zero-order valence-corrected chi connectivity index (χ0v) is 8.48. The Hall–Kier alpha value is -1.16. The number of hydrogen-bond donors (Lipinski definition) is 1. The molecule has 0 bridgehead atoms. The highest BCUT2D eigenvalue weighted by Crippen LogP contribution is 2.19. The molecule has 4 nitrogen and oxygen atoms in total. The van der Waals surface area contributed by atoms with E-state index >= 15 is 0 Å². The van der Waals surface area contributed by atoms with Gasteiger partial charge in [0.15, 0.2) is 0 Å². The Labute approximate surface area is 84.2 Å². The summed E-state index contributed by atoms with van der Waals surface area (Å²) in [5.74, 6) is 1.60. The van der Waals surface area contributed by atoms with Crippen LogP contribution >= 0.6 is 0 Å². The molecule has 0 aliphatic carbocycles. The van der Waals surface area contributed by atoms with Gasteiger partial charge >= 0.3 is 0 Å². The molecule has 0 saturated carbocycles. The summed E-state index contributed by atoms with van der Waals surface area (Å²) in [6, 6.07) is 0. The van der Waals surface area contributed by atoms with Gasteiger partial charge in [-0.15, -0.1) is 0 Å². The molecular weight excluding hydrogens is 176 g/mol. The van der Waals surface area contributed by atoms with Crippen molar-refractivity contribution in [2.45, 2.75) is 19.9 Å². The van der Waals surface area contributed by atoms with E-state index in [9.17, 15) is 0 Å². The molecule has 0 amide bonds. The lowest BCUT2D eigenvalue weighted by Gasteiger charge is -2.15. The van der Waals surface area contributed by atoms with Crippen molar-refractivity contribution in [3.63, 3.8) is 0 Å². The largest absolute Gasteiger partial charge is 0.341 e. The minimum atomic E-state index is 0.511. The zero-order chi connectivity index (χ0) is 9.97. The maximum atomic E-state index is 5.48.